The highest BCUT2D eigenvalue weighted by atomic mass is 31.2. The Labute approximate surface area is 113 Å². The largest absolute Gasteiger partial charge is 0.471 e. The van der Waals surface area contributed by atoms with Crippen LogP contribution in [0.15, 0.2) is 0 Å². The summed E-state index contributed by atoms with van der Waals surface area (Å²) in [6.45, 7) is 9.61. The molecule has 112 valence electrons. The maximum atomic E-state index is 10.1. The van der Waals surface area contributed by atoms with Gasteiger partial charge in [0.15, 0.2) is 0 Å². The average Bonchev–Trinajstić information content (AvgIpc) is 2.35. The second-order valence-electron chi connectivity index (χ2n) is 4.92. The summed E-state index contributed by atoms with van der Waals surface area (Å²) in [6.07, 6.45) is 8.67. The maximum Gasteiger partial charge on any atom is 0.471 e. The van der Waals surface area contributed by atoms with Gasteiger partial charge in [0.25, 0.3) is 0 Å². The zero-order chi connectivity index (χ0) is 14.7. The third-order valence-electron chi connectivity index (χ3n) is 2.70. The number of rotatable bonds is 8. The molecular weight excluding hydrogens is 270 g/mol. The Bertz CT molecular complexity index is 214. The first kappa shape index (κ1) is 20.8. The summed E-state index contributed by atoms with van der Waals surface area (Å²) in [4.78, 5) is 8.24. The van der Waals surface area contributed by atoms with Crippen molar-refractivity contribution in [3.63, 3.8) is 0 Å². The minimum absolute atomic E-state index is 0.476. The molecule has 4 nitrogen and oxygen atoms in total. The molecule has 0 unspecified atom stereocenters. The molecular formula is C12H31O4P2+. The van der Waals surface area contributed by atoms with Gasteiger partial charge in [0.05, 0.1) is 12.3 Å². The molecule has 0 aliphatic rings. The smallest absolute Gasteiger partial charge is 0.303 e. The lowest BCUT2D eigenvalue weighted by atomic mass is 10.4. The molecule has 0 saturated heterocycles. The van der Waals surface area contributed by atoms with Gasteiger partial charge in [-0.25, -0.2) is 4.57 Å². The van der Waals surface area contributed by atoms with Gasteiger partial charge >= 0.3 is 7.82 Å². The molecule has 6 heteroatoms. The topological polar surface area (TPSA) is 55.8 Å². The SMILES string of the molecule is CCCC[P+](C)(C)CCCC.COP(=O)(O)OC. The molecule has 0 spiro atoms. The zero-order valence-electron chi connectivity index (χ0n) is 12.8. The zero-order valence-corrected chi connectivity index (χ0v) is 14.6. The Balaban J connectivity index is 0. The van der Waals surface area contributed by atoms with Crippen molar-refractivity contribution < 1.29 is 18.5 Å². The van der Waals surface area contributed by atoms with E-state index in [9.17, 15) is 4.57 Å². The Hall–Kier alpha value is 0.540. The number of phosphoric acid groups is 1. The summed E-state index contributed by atoms with van der Waals surface area (Å²) in [7, 11) is -1.93. The third-order valence-corrected chi connectivity index (χ3v) is 6.67. The number of unbranched alkanes of at least 4 members (excludes halogenated alkanes) is 2. The predicted octanol–water partition coefficient (Wildman–Crippen LogP) is 4.24. The molecule has 0 aromatic carbocycles. The van der Waals surface area contributed by atoms with Crippen LogP contribution < -0.4 is 0 Å². The van der Waals surface area contributed by atoms with Crippen LogP contribution in [0.3, 0.4) is 0 Å². The molecule has 0 saturated carbocycles. The maximum absolute atomic E-state index is 10.1. The standard InChI is InChI=1S/C10H24P.C2H7O4P/c1-5-7-9-11(3,4)10-8-6-2;1-5-7(3,4)6-2/h5-10H2,1-4H3;1-2H3,(H,3,4)/q+1;. The van der Waals surface area contributed by atoms with E-state index >= 15 is 0 Å². The monoisotopic (exact) mass is 301 g/mol. The molecule has 18 heavy (non-hydrogen) atoms. The van der Waals surface area contributed by atoms with E-state index in [1.807, 2.05) is 0 Å². The predicted molar refractivity (Wildman–Crippen MR) is 82.2 cm³/mol. The molecule has 0 rings (SSSR count). The first-order valence-electron chi connectivity index (χ1n) is 6.51. The molecule has 0 atom stereocenters. The van der Waals surface area contributed by atoms with Gasteiger partial charge < -0.3 is 4.89 Å². The molecule has 0 aliphatic carbocycles. The van der Waals surface area contributed by atoms with Crippen LogP contribution >= 0.6 is 15.1 Å². The van der Waals surface area contributed by atoms with Crippen LogP contribution in [0.2, 0.25) is 0 Å². The summed E-state index contributed by atoms with van der Waals surface area (Å²) in [5.41, 5.74) is 0. The van der Waals surface area contributed by atoms with E-state index in [0.29, 0.717) is 0 Å². The van der Waals surface area contributed by atoms with E-state index in [4.69, 9.17) is 4.89 Å². The lowest BCUT2D eigenvalue weighted by molar-refractivity contribution is 0.204. The van der Waals surface area contributed by atoms with E-state index in [0.717, 1.165) is 14.2 Å². The fourth-order valence-electron chi connectivity index (χ4n) is 1.36. The Morgan fingerprint density at radius 2 is 1.33 bits per heavy atom. The minimum Gasteiger partial charge on any atom is -0.303 e. The van der Waals surface area contributed by atoms with Crippen LogP contribution in [0.25, 0.3) is 0 Å². The lowest BCUT2D eigenvalue weighted by Gasteiger charge is -2.16. The highest BCUT2D eigenvalue weighted by molar-refractivity contribution is 7.74. The second kappa shape index (κ2) is 11.4. The molecule has 0 fully saturated rings. The van der Waals surface area contributed by atoms with Crippen molar-refractivity contribution in [2.75, 3.05) is 39.9 Å². The van der Waals surface area contributed by atoms with Crippen LogP contribution in [0.4, 0.5) is 0 Å². The van der Waals surface area contributed by atoms with E-state index in [1.54, 1.807) is 0 Å². The van der Waals surface area contributed by atoms with Crippen LogP contribution in [0.1, 0.15) is 39.5 Å². The number of hydrogen-bond acceptors (Lipinski definition) is 3. The summed E-state index contributed by atoms with van der Waals surface area (Å²) < 4.78 is 18.0. The second-order valence-corrected chi connectivity index (χ2v) is 11.4. The third kappa shape index (κ3) is 14.6. The van der Waals surface area contributed by atoms with Crippen molar-refractivity contribution in [2.24, 2.45) is 0 Å². The van der Waals surface area contributed by atoms with Gasteiger partial charge in [-0.15, -0.1) is 0 Å². The molecule has 0 amide bonds. The fraction of sp³-hybridized carbons (Fsp3) is 1.00. The van der Waals surface area contributed by atoms with Crippen molar-refractivity contribution in [1.82, 2.24) is 0 Å². The first-order chi connectivity index (χ1) is 8.24. The molecule has 0 aliphatic heterocycles. The molecule has 0 radical (unpaired) electrons. The number of phosphoric ester groups is 1. The van der Waals surface area contributed by atoms with E-state index < -0.39 is 15.1 Å². The van der Waals surface area contributed by atoms with Crippen LogP contribution in [0, 0.1) is 0 Å². The summed E-state index contributed by atoms with van der Waals surface area (Å²) in [6, 6.07) is 0. The summed E-state index contributed by atoms with van der Waals surface area (Å²) >= 11 is 0. The van der Waals surface area contributed by atoms with E-state index in [-0.39, 0.29) is 0 Å². The number of hydrogen-bond donors (Lipinski definition) is 1. The van der Waals surface area contributed by atoms with Gasteiger partial charge in [0, 0.05) is 34.8 Å². The first-order valence-corrected chi connectivity index (χ1v) is 11.1. The highest BCUT2D eigenvalue weighted by Gasteiger charge is 2.22. The average molecular weight is 301 g/mol. The van der Waals surface area contributed by atoms with Crippen molar-refractivity contribution in [2.45, 2.75) is 39.5 Å². The molecule has 1 N–H and O–H groups in total. The fourth-order valence-corrected chi connectivity index (χ4v) is 4.08. The van der Waals surface area contributed by atoms with Crippen LogP contribution in [-0.2, 0) is 13.6 Å². The van der Waals surface area contributed by atoms with Gasteiger partial charge in [0.1, 0.15) is 0 Å². The molecule has 0 aromatic heterocycles. The summed E-state index contributed by atoms with van der Waals surface area (Å²) in [5.74, 6) is 0. The van der Waals surface area contributed by atoms with Gasteiger partial charge in [-0.05, 0) is 12.8 Å². The van der Waals surface area contributed by atoms with E-state index in [1.165, 1.54) is 38.0 Å². The molecule has 0 aromatic rings. The van der Waals surface area contributed by atoms with Crippen molar-refractivity contribution in [1.29, 1.82) is 0 Å². The molecule has 0 heterocycles. The van der Waals surface area contributed by atoms with Crippen LogP contribution in [-0.4, -0.2) is 44.8 Å². The van der Waals surface area contributed by atoms with Crippen LogP contribution in [0.5, 0.6) is 0 Å². The Morgan fingerprint density at radius 3 is 1.50 bits per heavy atom. The highest BCUT2D eigenvalue weighted by Crippen LogP contribution is 2.52. The Kier molecular flexibility index (Phi) is 13.2. The van der Waals surface area contributed by atoms with Gasteiger partial charge in [-0.2, -0.15) is 0 Å². The molecule has 0 bridgehead atoms. The summed E-state index contributed by atoms with van der Waals surface area (Å²) in [5, 5.41) is 0. The van der Waals surface area contributed by atoms with E-state index in [2.05, 4.69) is 36.2 Å². The quantitative estimate of drug-likeness (QED) is 0.681. The van der Waals surface area contributed by atoms with Crippen molar-refractivity contribution in [3.05, 3.63) is 0 Å². The normalized spacial score (nSPS) is 11.9. The van der Waals surface area contributed by atoms with Crippen molar-refractivity contribution in [3.8, 4) is 0 Å². The van der Waals surface area contributed by atoms with Gasteiger partial charge in [0.2, 0.25) is 0 Å². The van der Waals surface area contributed by atoms with Crippen molar-refractivity contribution >= 4 is 15.1 Å². The van der Waals surface area contributed by atoms with Gasteiger partial charge in [-0.3, -0.25) is 9.05 Å². The minimum atomic E-state index is -3.65. The van der Waals surface area contributed by atoms with Gasteiger partial charge in [-0.1, -0.05) is 26.7 Å². The Morgan fingerprint density at radius 1 is 1.00 bits per heavy atom. The lowest BCUT2D eigenvalue weighted by Crippen LogP contribution is -2.00.